The summed E-state index contributed by atoms with van der Waals surface area (Å²) in [5, 5.41) is 8.62. The van der Waals surface area contributed by atoms with E-state index in [-0.39, 0.29) is 0 Å². The zero-order valence-corrected chi connectivity index (χ0v) is 14.6. The van der Waals surface area contributed by atoms with Gasteiger partial charge in [0.15, 0.2) is 0 Å². The third-order valence-electron chi connectivity index (χ3n) is 3.15. The predicted molar refractivity (Wildman–Crippen MR) is 95.9 cm³/mol. The van der Waals surface area contributed by atoms with E-state index in [1.165, 1.54) is 17.2 Å². The zero-order valence-electron chi connectivity index (χ0n) is 14.6. The molecule has 2 heteroatoms. The largest absolute Gasteiger partial charge is 0.478 e. The van der Waals surface area contributed by atoms with Crippen LogP contribution in [0.1, 0.15) is 53.9 Å². The van der Waals surface area contributed by atoms with Gasteiger partial charge in [-0.3, -0.25) is 0 Å². The first-order valence-corrected chi connectivity index (χ1v) is 7.86. The van der Waals surface area contributed by atoms with Gasteiger partial charge in [-0.2, -0.15) is 0 Å². The molecule has 0 aromatic carbocycles. The molecule has 122 valence electrons. The van der Waals surface area contributed by atoms with Gasteiger partial charge < -0.3 is 5.11 Å². The quantitative estimate of drug-likeness (QED) is 0.329. The normalized spacial score (nSPS) is 14.6. The summed E-state index contributed by atoms with van der Waals surface area (Å²) in [6.45, 7) is 10.4. The molecule has 1 N–H and O–H groups in total. The molecule has 0 aliphatic carbocycles. The van der Waals surface area contributed by atoms with Crippen molar-refractivity contribution in [2.75, 3.05) is 0 Å². The average molecular weight is 302 g/mol. The van der Waals surface area contributed by atoms with Gasteiger partial charge in [0.05, 0.1) is 0 Å². The number of carboxylic acid groups (broad SMARTS) is 1. The summed E-state index contributed by atoms with van der Waals surface area (Å²) in [6.07, 6.45) is 17.0. The summed E-state index contributed by atoms with van der Waals surface area (Å²) in [4.78, 5) is 10.5. The fourth-order valence-corrected chi connectivity index (χ4v) is 1.87. The van der Waals surface area contributed by atoms with Gasteiger partial charge in [0.25, 0.3) is 0 Å². The van der Waals surface area contributed by atoms with Crippen molar-refractivity contribution in [1.82, 2.24) is 0 Å². The number of hydrogen-bond acceptors (Lipinski definition) is 1. The molecule has 0 saturated heterocycles. The van der Waals surface area contributed by atoms with Crippen LogP contribution in [0.4, 0.5) is 0 Å². The van der Waals surface area contributed by atoms with E-state index in [9.17, 15) is 4.79 Å². The highest BCUT2D eigenvalue weighted by Gasteiger charge is 1.94. The summed E-state index contributed by atoms with van der Waals surface area (Å²) in [7, 11) is 0. The topological polar surface area (TPSA) is 37.3 Å². The van der Waals surface area contributed by atoms with Gasteiger partial charge >= 0.3 is 5.97 Å². The Morgan fingerprint density at radius 2 is 1.86 bits per heavy atom. The average Bonchev–Trinajstić information content (AvgIpc) is 2.37. The lowest BCUT2D eigenvalue weighted by molar-refractivity contribution is -0.131. The molecule has 0 aliphatic heterocycles. The lowest BCUT2D eigenvalue weighted by Crippen LogP contribution is -1.89. The first-order valence-electron chi connectivity index (χ1n) is 7.86. The smallest absolute Gasteiger partial charge is 0.328 e. The lowest BCUT2D eigenvalue weighted by Gasteiger charge is -2.01. The van der Waals surface area contributed by atoms with Crippen molar-refractivity contribution < 1.29 is 9.90 Å². The molecule has 0 fully saturated rings. The maximum Gasteiger partial charge on any atom is 0.328 e. The summed E-state index contributed by atoms with van der Waals surface area (Å²) in [5.74, 6) is -0.459. The Hall–Kier alpha value is -1.83. The van der Waals surface area contributed by atoms with Crippen LogP contribution in [0.15, 0.2) is 59.3 Å². The van der Waals surface area contributed by atoms with Gasteiger partial charge in [-0.1, -0.05) is 54.5 Å². The summed E-state index contributed by atoms with van der Waals surface area (Å²) in [6, 6.07) is 0. The monoisotopic (exact) mass is 302 g/mol. The predicted octanol–water partition coefficient (Wildman–Crippen LogP) is 5.85. The minimum Gasteiger partial charge on any atom is -0.478 e. The second kappa shape index (κ2) is 11.8. The molecule has 0 radical (unpaired) electrons. The molecule has 0 bridgehead atoms. The Balaban J connectivity index is 4.20. The van der Waals surface area contributed by atoms with Crippen LogP contribution in [-0.2, 0) is 4.79 Å². The van der Waals surface area contributed by atoms with Crippen molar-refractivity contribution in [3.05, 3.63) is 59.3 Å². The van der Waals surface area contributed by atoms with Gasteiger partial charge in [-0.25, -0.2) is 4.79 Å². The second-order valence-electron chi connectivity index (χ2n) is 6.06. The number of allylic oxidation sites excluding steroid dienone is 9. The van der Waals surface area contributed by atoms with Crippen LogP contribution >= 0.6 is 0 Å². The van der Waals surface area contributed by atoms with Crippen molar-refractivity contribution in [2.45, 2.75) is 53.9 Å². The maximum atomic E-state index is 10.5. The van der Waals surface area contributed by atoms with Crippen LogP contribution in [0.5, 0.6) is 0 Å². The fourth-order valence-electron chi connectivity index (χ4n) is 1.87. The second-order valence-corrected chi connectivity index (χ2v) is 6.06. The van der Waals surface area contributed by atoms with Gasteiger partial charge in [-0.05, 0) is 58.4 Å². The van der Waals surface area contributed by atoms with Crippen LogP contribution in [-0.4, -0.2) is 11.1 Å². The van der Waals surface area contributed by atoms with E-state index in [1.54, 1.807) is 6.92 Å². The van der Waals surface area contributed by atoms with Crippen LogP contribution in [0, 0.1) is 5.92 Å². The van der Waals surface area contributed by atoms with E-state index < -0.39 is 5.97 Å². The molecule has 0 spiro atoms. The van der Waals surface area contributed by atoms with Crippen molar-refractivity contribution in [3.63, 3.8) is 0 Å². The van der Waals surface area contributed by atoms with Crippen LogP contribution in [0.2, 0.25) is 0 Å². The van der Waals surface area contributed by atoms with E-state index in [4.69, 9.17) is 5.11 Å². The molecular formula is C20H30O2. The van der Waals surface area contributed by atoms with Crippen molar-refractivity contribution >= 4 is 5.97 Å². The van der Waals surface area contributed by atoms with Gasteiger partial charge in [0.1, 0.15) is 0 Å². The fraction of sp³-hybridized carbons (Fsp3) is 0.450. The third kappa shape index (κ3) is 13.2. The molecule has 0 rings (SSSR count). The van der Waals surface area contributed by atoms with Crippen LogP contribution in [0.25, 0.3) is 0 Å². The Labute approximate surface area is 135 Å². The highest BCUT2D eigenvalue weighted by atomic mass is 16.4. The molecule has 0 aliphatic rings. The molecule has 0 saturated carbocycles. The molecule has 0 aromatic rings. The number of carbonyl (C=O) groups is 1. The van der Waals surface area contributed by atoms with Gasteiger partial charge in [-0.15, -0.1) is 0 Å². The molecule has 0 aromatic heterocycles. The summed E-state index contributed by atoms with van der Waals surface area (Å²) >= 11 is 0. The number of aliphatic carboxylic acids is 1. The number of rotatable bonds is 9. The molecule has 1 atom stereocenters. The van der Waals surface area contributed by atoms with Crippen LogP contribution in [0.3, 0.4) is 0 Å². The molecular weight excluding hydrogens is 272 g/mol. The Bertz CT molecular complexity index is 484. The zero-order chi connectivity index (χ0) is 17.0. The van der Waals surface area contributed by atoms with Gasteiger partial charge in [0.2, 0.25) is 0 Å². The van der Waals surface area contributed by atoms with Crippen molar-refractivity contribution in [3.8, 4) is 0 Å². The molecule has 1 unspecified atom stereocenters. The summed E-state index contributed by atoms with van der Waals surface area (Å²) < 4.78 is 0. The first-order chi connectivity index (χ1) is 10.3. The van der Waals surface area contributed by atoms with Crippen molar-refractivity contribution in [1.29, 1.82) is 0 Å². The van der Waals surface area contributed by atoms with E-state index in [0.29, 0.717) is 5.92 Å². The van der Waals surface area contributed by atoms with Gasteiger partial charge in [0, 0.05) is 6.08 Å². The summed E-state index contributed by atoms with van der Waals surface area (Å²) in [5.41, 5.74) is 3.52. The van der Waals surface area contributed by atoms with Crippen LogP contribution < -0.4 is 0 Å². The standard InChI is InChI=1S/C20H30O2/c1-16(2)9-6-10-17(3)11-7-12-18(4)13-8-14-19(5)15-20(21)22/h7-9,11-12,14-15,18H,6,10,13H2,1-5H3,(H,21,22)/b12-7+,14-8+,17-11+,19-15+. The Morgan fingerprint density at radius 3 is 2.45 bits per heavy atom. The third-order valence-corrected chi connectivity index (χ3v) is 3.15. The molecule has 22 heavy (non-hydrogen) atoms. The van der Waals surface area contributed by atoms with E-state index in [1.807, 2.05) is 12.2 Å². The molecule has 0 amide bonds. The lowest BCUT2D eigenvalue weighted by atomic mass is 10.1. The van der Waals surface area contributed by atoms with Crippen molar-refractivity contribution in [2.24, 2.45) is 5.92 Å². The maximum absolute atomic E-state index is 10.5. The Morgan fingerprint density at radius 1 is 1.18 bits per heavy atom. The van der Waals surface area contributed by atoms with E-state index >= 15 is 0 Å². The highest BCUT2D eigenvalue weighted by molar-refractivity contribution is 5.81. The van der Waals surface area contributed by atoms with E-state index in [2.05, 4.69) is 52.0 Å². The number of hydrogen-bond donors (Lipinski definition) is 1. The highest BCUT2D eigenvalue weighted by Crippen LogP contribution is 2.09. The molecule has 2 nitrogen and oxygen atoms in total. The minimum atomic E-state index is -0.899. The Kier molecular flexibility index (Phi) is 10.8. The first kappa shape index (κ1) is 20.2. The molecule has 0 heterocycles. The minimum absolute atomic E-state index is 0.440. The number of carboxylic acids is 1. The SMILES string of the molecule is CC(C)=CCC/C(C)=C/C=C/C(C)C/C=C/C(C)=C/C(=O)O. The van der Waals surface area contributed by atoms with E-state index in [0.717, 1.165) is 24.8 Å².